The lowest BCUT2D eigenvalue weighted by molar-refractivity contribution is -0.133. The van der Waals surface area contributed by atoms with Gasteiger partial charge in [-0.25, -0.2) is 8.78 Å². The highest BCUT2D eigenvalue weighted by atomic mass is 19.1. The summed E-state index contributed by atoms with van der Waals surface area (Å²) >= 11 is 0. The molecule has 2 rings (SSSR count). The van der Waals surface area contributed by atoms with E-state index in [1.807, 2.05) is 0 Å². The summed E-state index contributed by atoms with van der Waals surface area (Å²) < 4.78 is 26.1. The molecule has 0 saturated heterocycles. The number of amides is 2. The maximum atomic E-state index is 13.3. The molecule has 0 unspecified atom stereocenters. The van der Waals surface area contributed by atoms with Gasteiger partial charge >= 0.3 is 0 Å². The van der Waals surface area contributed by atoms with Crippen molar-refractivity contribution in [3.63, 3.8) is 0 Å². The fourth-order valence-electron chi connectivity index (χ4n) is 1.82. The maximum Gasteiger partial charge on any atom is 0.244 e. The zero-order chi connectivity index (χ0) is 14.0. The van der Waals surface area contributed by atoms with Crippen LogP contribution in [0.2, 0.25) is 0 Å². The number of benzene rings is 1. The van der Waals surface area contributed by atoms with Gasteiger partial charge in [0.05, 0.1) is 5.69 Å². The lowest BCUT2D eigenvalue weighted by atomic mass is 10.3. The molecule has 1 aromatic carbocycles. The van der Waals surface area contributed by atoms with E-state index in [2.05, 4.69) is 5.32 Å². The molecule has 0 heterocycles. The minimum absolute atomic E-state index is 0.0919. The third-order valence-corrected chi connectivity index (χ3v) is 2.91. The van der Waals surface area contributed by atoms with Gasteiger partial charge in [-0.05, 0) is 25.0 Å². The number of carbonyl (C=O) groups excluding carboxylic acids is 2. The number of carbonyl (C=O) groups is 2. The Kier molecular flexibility index (Phi) is 3.78. The molecule has 0 aliphatic heterocycles. The maximum absolute atomic E-state index is 13.3. The van der Waals surface area contributed by atoms with Gasteiger partial charge in [-0.2, -0.15) is 0 Å². The van der Waals surface area contributed by atoms with Crippen LogP contribution < -0.4 is 5.32 Å². The van der Waals surface area contributed by atoms with Crippen LogP contribution >= 0.6 is 0 Å². The van der Waals surface area contributed by atoms with Gasteiger partial charge in [-0.1, -0.05) is 0 Å². The Labute approximate surface area is 109 Å². The van der Waals surface area contributed by atoms with Crippen LogP contribution in [0.15, 0.2) is 18.2 Å². The van der Waals surface area contributed by atoms with Crippen molar-refractivity contribution in [3.05, 3.63) is 29.8 Å². The highest BCUT2D eigenvalue weighted by Crippen LogP contribution is 2.26. The molecule has 0 atom stereocenters. The van der Waals surface area contributed by atoms with Crippen LogP contribution in [0.25, 0.3) is 0 Å². The lowest BCUT2D eigenvalue weighted by Gasteiger charge is -2.19. The molecule has 2 amide bonds. The molecule has 0 aromatic heterocycles. The quantitative estimate of drug-likeness (QED) is 0.907. The van der Waals surface area contributed by atoms with Crippen molar-refractivity contribution >= 4 is 17.5 Å². The van der Waals surface area contributed by atoms with Crippen LogP contribution in [0, 0.1) is 11.6 Å². The predicted molar refractivity (Wildman–Crippen MR) is 65.4 cm³/mol. The first kappa shape index (κ1) is 13.5. The molecule has 6 heteroatoms. The van der Waals surface area contributed by atoms with Gasteiger partial charge in [-0.15, -0.1) is 0 Å². The van der Waals surface area contributed by atoms with Gasteiger partial charge in [0.15, 0.2) is 0 Å². The van der Waals surface area contributed by atoms with Crippen molar-refractivity contribution in [1.29, 1.82) is 0 Å². The van der Waals surface area contributed by atoms with E-state index in [-0.39, 0.29) is 24.2 Å². The number of hydrogen-bond donors (Lipinski definition) is 1. The Balaban J connectivity index is 1.98. The van der Waals surface area contributed by atoms with Crippen molar-refractivity contribution in [2.45, 2.75) is 25.8 Å². The van der Waals surface area contributed by atoms with Crippen LogP contribution in [0.1, 0.15) is 19.8 Å². The Morgan fingerprint density at radius 2 is 2.05 bits per heavy atom. The van der Waals surface area contributed by atoms with Gasteiger partial charge in [0, 0.05) is 19.0 Å². The number of rotatable bonds is 4. The van der Waals surface area contributed by atoms with Crippen LogP contribution in [0.4, 0.5) is 14.5 Å². The molecule has 19 heavy (non-hydrogen) atoms. The van der Waals surface area contributed by atoms with Gasteiger partial charge in [0.1, 0.15) is 18.2 Å². The average Bonchev–Trinajstić information content (AvgIpc) is 3.13. The molecule has 1 aliphatic carbocycles. The van der Waals surface area contributed by atoms with Gasteiger partial charge < -0.3 is 10.2 Å². The fourth-order valence-corrected chi connectivity index (χ4v) is 1.82. The smallest absolute Gasteiger partial charge is 0.244 e. The summed E-state index contributed by atoms with van der Waals surface area (Å²) in [5.74, 6) is -2.22. The normalized spacial score (nSPS) is 14.1. The molecule has 1 aromatic rings. The SMILES string of the molecule is CC(=O)N(CC(=O)Nc1ccc(F)cc1F)C1CC1. The molecular formula is C13H14F2N2O2. The third kappa shape index (κ3) is 3.49. The molecule has 0 bridgehead atoms. The monoisotopic (exact) mass is 268 g/mol. The summed E-state index contributed by atoms with van der Waals surface area (Å²) in [6.07, 6.45) is 1.77. The standard InChI is InChI=1S/C13H14F2N2O2/c1-8(18)17(10-3-4-10)7-13(19)16-12-5-2-9(14)6-11(12)15/h2,5-6,10H,3-4,7H2,1H3,(H,16,19). The summed E-state index contributed by atoms with van der Waals surface area (Å²) in [4.78, 5) is 24.5. The highest BCUT2D eigenvalue weighted by molar-refractivity contribution is 5.94. The molecular weight excluding hydrogens is 254 g/mol. The summed E-state index contributed by atoms with van der Waals surface area (Å²) in [5.41, 5.74) is -0.0919. The lowest BCUT2D eigenvalue weighted by Crippen LogP contribution is -2.38. The Hall–Kier alpha value is -1.98. The van der Waals surface area contributed by atoms with Crippen LogP contribution in [0.3, 0.4) is 0 Å². The van der Waals surface area contributed by atoms with Crippen LogP contribution in [-0.4, -0.2) is 29.3 Å². The van der Waals surface area contributed by atoms with E-state index < -0.39 is 17.5 Å². The van der Waals surface area contributed by atoms with Crippen molar-refractivity contribution in [1.82, 2.24) is 4.90 Å². The van der Waals surface area contributed by atoms with E-state index in [9.17, 15) is 18.4 Å². The largest absolute Gasteiger partial charge is 0.331 e. The second-order valence-electron chi connectivity index (χ2n) is 4.55. The first-order valence-electron chi connectivity index (χ1n) is 5.99. The first-order valence-corrected chi connectivity index (χ1v) is 5.99. The zero-order valence-corrected chi connectivity index (χ0v) is 10.5. The van der Waals surface area contributed by atoms with Gasteiger partial charge in [-0.3, -0.25) is 9.59 Å². The van der Waals surface area contributed by atoms with E-state index >= 15 is 0 Å². The molecule has 1 fully saturated rings. The second-order valence-corrected chi connectivity index (χ2v) is 4.55. The third-order valence-electron chi connectivity index (χ3n) is 2.91. The Morgan fingerprint density at radius 1 is 1.37 bits per heavy atom. The Bertz CT molecular complexity index is 515. The summed E-state index contributed by atoms with van der Waals surface area (Å²) in [7, 11) is 0. The van der Waals surface area contributed by atoms with E-state index in [4.69, 9.17) is 0 Å². The molecule has 1 saturated carbocycles. The number of halogens is 2. The summed E-state index contributed by atoms with van der Waals surface area (Å²) in [6, 6.07) is 3.01. The molecule has 0 radical (unpaired) electrons. The second kappa shape index (κ2) is 5.34. The molecule has 1 N–H and O–H groups in total. The minimum atomic E-state index is -0.839. The molecule has 0 spiro atoms. The zero-order valence-electron chi connectivity index (χ0n) is 10.5. The van der Waals surface area contributed by atoms with E-state index in [0.29, 0.717) is 6.07 Å². The average molecular weight is 268 g/mol. The molecule has 102 valence electrons. The summed E-state index contributed by atoms with van der Waals surface area (Å²) in [5, 5.41) is 2.33. The number of hydrogen-bond acceptors (Lipinski definition) is 2. The predicted octanol–water partition coefficient (Wildman–Crippen LogP) is 1.91. The fraction of sp³-hybridized carbons (Fsp3) is 0.385. The van der Waals surface area contributed by atoms with E-state index in [1.54, 1.807) is 0 Å². The molecule has 1 aliphatic rings. The summed E-state index contributed by atoms with van der Waals surface area (Å²) in [6.45, 7) is 1.28. The van der Waals surface area contributed by atoms with E-state index in [1.165, 1.54) is 11.8 Å². The van der Waals surface area contributed by atoms with Crippen LogP contribution in [-0.2, 0) is 9.59 Å². The topological polar surface area (TPSA) is 49.4 Å². The van der Waals surface area contributed by atoms with Crippen molar-refractivity contribution in [2.75, 3.05) is 11.9 Å². The van der Waals surface area contributed by atoms with Gasteiger partial charge in [0.2, 0.25) is 11.8 Å². The number of nitrogens with zero attached hydrogens (tertiary/aromatic N) is 1. The first-order chi connectivity index (χ1) is 8.97. The van der Waals surface area contributed by atoms with E-state index in [0.717, 1.165) is 25.0 Å². The minimum Gasteiger partial charge on any atom is -0.331 e. The number of anilines is 1. The molecule has 4 nitrogen and oxygen atoms in total. The van der Waals surface area contributed by atoms with Crippen molar-refractivity contribution in [3.8, 4) is 0 Å². The van der Waals surface area contributed by atoms with Gasteiger partial charge in [0.25, 0.3) is 0 Å². The number of nitrogens with one attached hydrogen (secondary N) is 1. The highest BCUT2D eigenvalue weighted by Gasteiger charge is 2.32. The van der Waals surface area contributed by atoms with Crippen LogP contribution in [0.5, 0.6) is 0 Å². The van der Waals surface area contributed by atoms with Crippen molar-refractivity contribution < 1.29 is 18.4 Å². The Morgan fingerprint density at radius 3 is 2.58 bits per heavy atom. The van der Waals surface area contributed by atoms with Crippen molar-refractivity contribution in [2.24, 2.45) is 0 Å².